The van der Waals surface area contributed by atoms with E-state index < -0.39 is 17.3 Å². The summed E-state index contributed by atoms with van der Waals surface area (Å²) in [7, 11) is 0. The van der Waals surface area contributed by atoms with Crippen LogP contribution in [0, 0.1) is 10.1 Å². The molecule has 0 saturated carbocycles. The molecule has 14 heavy (non-hydrogen) atoms. The van der Waals surface area contributed by atoms with E-state index in [1.54, 1.807) is 6.92 Å². The number of alkyl halides is 1. The third-order valence-corrected chi connectivity index (χ3v) is 1.30. The molecule has 0 aliphatic heterocycles. The van der Waals surface area contributed by atoms with Gasteiger partial charge in [-0.1, -0.05) is 11.6 Å². The standard InChI is InChI=1S/C6H10ClNO6/c1-5(2-3-13-8(10)11)14-6(9)12-4-7/h5H,2-4H2,1H3. The topological polar surface area (TPSA) is 87.9 Å². The molecule has 0 aromatic heterocycles. The number of halogens is 1. The molecular formula is C6H10ClNO6. The lowest BCUT2D eigenvalue weighted by molar-refractivity contribution is -0.758. The summed E-state index contributed by atoms with van der Waals surface area (Å²) in [5.41, 5.74) is 0. The molecule has 82 valence electrons. The van der Waals surface area contributed by atoms with Crippen LogP contribution in [0.1, 0.15) is 13.3 Å². The summed E-state index contributed by atoms with van der Waals surface area (Å²) in [5.74, 6) is 0. The Bertz CT molecular complexity index is 199. The van der Waals surface area contributed by atoms with E-state index >= 15 is 0 Å². The second kappa shape index (κ2) is 7.19. The van der Waals surface area contributed by atoms with Gasteiger partial charge in [0.05, 0.1) is 6.61 Å². The zero-order valence-electron chi connectivity index (χ0n) is 7.47. The van der Waals surface area contributed by atoms with Crippen LogP contribution >= 0.6 is 11.6 Å². The van der Waals surface area contributed by atoms with E-state index in [0.29, 0.717) is 0 Å². The summed E-state index contributed by atoms with van der Waals surface area (Å²) in [5, 5.41) is 8.83. The van der Waals surface area contributed by atoms with E-state index in [1.165, 1.54) is 0 Å². The van der Waals surface area contributed by atoms with E-state index in [4.69, 9.17) is 11.6 Å². The Morgan fingerprint density at radius 3 is 2.79 bits per heavy atom. The van der Waals surface area contributed by atoms with Crippen LogP contribution in [0.2, 0.25) is 0 Å². The average molecular weight is 228 g/mol. The van der Waals surface area contributed by atoms with Gasteiger partial charge in [-0.15, -0.1) is 10.1 Å². The quantitative estimate of drug-likeness (QED) is 0.294. The van der Waals surface area contributed by atoms with Crippen LogP contribution in [0.4, 0.5) is 4.79 Å². The van der Waals surface area contributed by atoms with Gasteiger partial charge in [0.1, 0.15) is 6.10 Å². The van der Waals surface area contributed by atoms with Gasteiger partial charge in [0.2, 0.25) is 0 Å². The first-order valence-electron chi connectivity index (χ1n) is 3.73. The van der Waals surface area contributed by atoms with Gasteiger partial charge in [-0.2, -0.15) is 0 Å². The van der Waals surface area contributed by atoms with Crippen LogP contribution in [-0.2, 0) is 14.3 Å². The molecule has 0 N–H and O–H groups in total. The minimum Gasteiger partial charge on any atom is -0.431 e. The maximum absolute atomic E-state index is 10.6. The van der Waals surface area contributed by atoms with Gasteiger partial charge >= 0.3 is 6.16 Å². The van der Waals surface area contributed by atoms with Crippen LogP contribution in [0.15, 0.2) is 0 Å². The third kappa shape index (κ3) is 7.41. The maximum Gasteiger partial charge on any atom is 0.509 e. The summed E-state index contributed by atoms with van der Waals surface area (Å²) >= 11 is 5.09. The Morgan fingerprint density at radius 2 is 2.29 bits per heavy atom. The van der Waals surface area contributed by atoms with Gasteiger partial charge in [-0.3, -0.25) is 0 Å². The van der Waals surface area contributed by atoms with Crippen molar-refractivity contribution < 1.29 is 24.2 Å². The molecule has 0 rings (SSSR count). The Labute approximate surface area is 85.0 Å². The molecule has 0 aromatic carbocycles. The fourth-order valence-electron chi connectivity index (χ4n) is 0.595. The maximum atomic E-state index is 10.6. The first kappa shape index (κ1) is 12.8. The first-order chi connectivity index (χ1) is 6.56. The molecule has 0 amide bonds. The van der Waals surface area contributed by atoms with Gasteiger partial charge < -0.3 is 14.3 Å². The molecule has 8 heteroatoms. The van der Waals surface area contributed by atoms with E-state index in [1.807, 2.05) is 0 Å². The minimum absolute atomic E-state index is 0.137. The predicted molar refractivity (Wildman–Crippen MR) is 45.3 cm³/mol. The highest BCUT2D eigenvalue weighted by molar-refractivity contribution is 6.17. The molecule has 7 nitrogen and oxygen atoms in total. The number of hydrogen-bond donors (Lipinski definition) is 0. The molecule has 0 radical (unpaired) electrons. The van der Waals surface area contributed by atoms with E-state index in [2.05, 4.69) is 14.3 Å². The number of nitrogens with zero attached hydrogens (tertiary/aromatic N) is 1. The molecule has 0 aliphatic rings. The molecular weight excluding hydrogens is 218 g/mol. The zero-order chi connectivity index (χ0) is 11.0. The Morgan fingerprint density at radius 1 is 1.64 bits per heavy atom. The number of ether oxygens (including phenoxy) is 2. The fourth-order valence-corrected chi connectivity index (χ4v) is 0.684. The molecule has 0 aliphatic carbocycles. The van der Waals surface area contributed by atoms with Crippen molar-refractivity contribution in [3.63, 3.8) is 0 Å². The lowest BCUT2D eigenvalue weighted by atomic mass is 10.3. The molecule has 1 atom stereocenters. The number of carbonyl (C=O) groups excluding carboxylic acids is 1. The number of rotatable bonds is 6. The first-order valence-corrected chi connectivity index (χ1v) is 4.26. The Balaban J connectivity index is 3.49. The van der Waals surface area contributed by atoms with Crippen molar-refractivity contribution in [3.8, 4) is 0 Å². The van der Waals surface area contributed by atoms with Gasteiger partial charge in [0.25, 0.3) is 5.09 Å². The van der Waals surface area contributed by atoms with E-state index in [9.17, 15) is 14.9 Å². The average Bonchev–Trinajstić information content (AvgIpc) is 2.03. The second-order valence-electron chi connectivity index (χ2n) is 2.28. The molecule has 0 saturated heterocycles. The van der Waals surface area contributed by atoms with Crippen molar-refractivity contribution in [1.82, 2.24) is 0 Å². The summed E-state index contributed by atoms with van der Waals surface area (Å²) < 4.78 is 8.89. The molecule has 0 bridgehead atoms. The third-order valence-electron chi connectivity index (χ3n) is 1.19. The SMILES string of the molecule is CC(CCO[N+](=O)[O-])OC(=O)OCCl. The zero-order valence-corrected chi connectivity index (χ0v) is 8.23. The van der Waals surface area contributed by atoms with Gasteiger partial charge in [0, 0.05) is 6.42 Å². The molecule has 0 heterocycles. The van der Waals surface area contributed by atoms with Crippen LogP contribution in [-0.4, -0.2) is 30.0 Å². The monoisotopic (exact) mass is 227 g/mol. The van der Waals surface area contributed by atoms with Crippen LogP contribution in [0.3, 0.4) is 0 Å². The van der Waals surface area contributed by atoms with Gasteiger partial charge in [-0.25, -0.2) is 4.79 Å². The number of carbonyl (C=O) groups is 1. The summed E-state index contributed by atoms with van der Waals surface area (Å²) in [6.45, 7) is 1.42. The van der Waals surface area contributed by atoms with Gasteiger partial charge in [0.15, 0.2) is 6.07 Å². The van der Waals surface area contributed by atoms with Crippen LogP contribution in [0.25, 0.3) is 0 Å². The Hall–Kier alpha value is -1.24. The molecule has 1 unspecified atom stereocenters. The minimum atomic E-state index is -0.913. The van der Waals surface area contributed by atoms with Crippen molar-refractivity contribution >= 4 is 17.8 Å². The highest BCUT2D eigenvalue weighted by Gasteiger charge is 2.10. The largest absolute Gasteiger partial charge is 0.509 e. The van der Waals surface area contributed by atoms with Crippen molar-refractivity contribution in [2.24, 2.45) is 0 Å². The van der Waals surface area contributed by atoms with Crippen LogP contribution < -0.4 is 0 Å². The molecule has 0 aromatic rings. The van der Waals surface area contributed by atoms with Crippen molar-refractivity contribution in [3.05, 3.63) is 10.1 Å². The summed E-state index contributed by atoms with van der Waals surface area (Å²) in [6, 6.07) is -0.295. The number of hydrogen-bond acceptors (Lipinski definition) is 6. The highest BCUT2D eigenvalue weighted by Crippen LogP contribution is 2.00. The van der Waals surface area contributed by atoms with E-state index in [0.717, 1.165) is 0 Å². The van der Waals surface area contributed by atoms with Crippen molar-refractivity contribution in [2.75, 3.05) is 12.7 Å². The van der Waals surface area contributed by atoms with E-state index in [-0.39, 0.29) is 19.1 Å². The van der Waals surface area contributed by atoms with Crippen molar-refractivity contribution in [2.45, 2.75) is 19.4 Å². The Kier molecular flexibility index (Phi) is 6.55. The summed E-state index contributed by atoms with van der Waals surface area (Å²) in [4.78, 5) is 24.4. The second-order valence-corrected chi connectivity index (χ2v) is 2.50. The van der Waals surface area contributed by atoms with Gasteiger partial charge in [-0.05, 0) is 6.92 Å². The summed E-state index contributed by atoms with van der Waals surface area (Å²) in [6.07, 6.45) is -1.22. The molecule has 0 fully saturated rings. The highest BCUT2D eigenvalue weighted by atomic mass is 35.5. The van der Waals surface area contributed by atoms with Crippen molar-refractivity contribution in [1.29, 1.82) is 0 Å². The molecule has 0 spiro atoms. The smallest absolute Gasteiger partial charge is 0.431 e. The predicted octanol–water partition coefficient (Wildman–Crippen LogP) is 1.32. The van der Waals surface area contributed by atoms with Crippen LogP contribution in [0.5, 0.6) is 0 Å². The lowest BCUT2D eigenvalue weighted by Crippen LogP contribution is -2.18. The fraction of sp³-hybridized carbons (Fsp3) is 0.833. The normalized spacial score (nSPS) is 11.6. The lowest BCUT2D eigenvalue weighted by Gasteiger charge is -2.11.